The minimum absolute atomic E-state index is 0.0739. The summed E-state index contributed by atoms with van der Waals surface area (Å²) in [6.07, 6.45) is 0. The first-order valence-electron chi connectivity index (χ1n) is 8.00. The van der Waals surface area contributed by atoms with Crippen molar-refractivity contribution in [3.05, 3.63) is 42.1 Å². The molecule has 8 heteroatoms. The highest BCUT2D eigenvalue weighted by Crippen LogP contribution is 2.23. The Kier molecular flexibility index (Phi) is 5.18. The summed E-state index contributed by atoms with van der Waals surface area (Å²) in [6.45, 7) is 4.75. The van der Waals surface area contributed by atoms with Gasteiger partial charge in [0.2, 0.25) is 5.91 Å². The number of hydrogen-bond acceptors (Lipinski definition) is 5. The van der Waals surface area contributed by atoms with E-state index in [-0.39, 0.29) is 11.7 Å². The minimum atomic E-state index is -0.0739. The fourth-order valence-corrected chi connectivity index (χ4v) is 3.19. The summed E-state index contributed by atoms with van der Waals surface area (Å²) in [5.41, 5.74) is 2.65. The molecule has 0 aliphatic carbocycles. The second-order valence-corrected chi connectivity index (χ2v) is 6.50. The van der Waals surface area contributed by atoms with E-state index in [1.165, 1.54) is 11.8 Å². The molecule has 3 aromatic rings. The molecule has 2 heterocycles. The molecule has 0 saturated heterocycles. The zero-order chi connectivity index (χ0) is 17.8. The Balaban J connectivity index is 1.68. The number of rotatable bonds is 6. The lowest BCUT2D eigenvalue weighted by molar-refractivity contribution is -0.113. The Hall–Kier alpha value is -2.61. The number of aryl methyl sites for hydroxylation is 2. The number of nitrogens with one attached hydrogen (secondary N) is 1. The van der Waals surface area contributed by atoms with Crippen molar-refractivity contribution in [1.82, 2.24) is 24.5 Å². The van der Waals surface area contributed by atoms with E-state index in [4.69, 9.17) is 0 Å². The predicted molar refractivity (Wildman–Crippen MR) is 98.4 cm³/mol. The van der Waals surface area contributed by atoms with Gasteiger partial charge in [-0.25, -0.2) is 0 Å². The van der Waals surface area contributed by atoms with Crippen LogP contribution in [0.2, 0.25) is 0 Å². The van der Waals surface area contributed by atoms with E-state index in [9.17, 15) is 4.79 Å². The third-order valence-corrected chi connectivity index (χ3v) is 4.68. The average Bonchev–Trinajstić information content (AvgIpc) is 3.16. The van der Waals surface area contributed by atoms with Crippen molar-refractivity contribution in [3.8, 4) is 11.5 Å². The summed E-state index contributed by atoms with van der Waals surface area (Å²) in [5, 5.41) is 16.5. The summed E-state index contributed by atoms with van der Waals surface area (Å²) in [5.74, 6) is 0.941. The standard InChI is InChI=1S/C17H20N6OS/c1-4-23-14(10-12(2)21-23)16-19-20-17(22(16)3)25-11-15(24)18-13-8-6-5-7-9-13/h5-10H,4,11H2,1-3H3,(H,18,24). The van der Waals surface area contributed by atoms with Gasteiger partial charge in [-0.3, -0.25) is 9.48 Å². The van der Waals surface area contributed by atoms with Crippen LogP contribution in [-0.4, -0.2) is 36.2 Å². The van der Waals surface area contributed by atoms with Gasteiger partial charge in [-0.2, -0.15) is 5.10 Å². The first kappa shape index (κ1) is 17.2. The van der Waals surface area contributed by atoms with Crippen molar-refractivity contribution < 1.29 is 4.79 Å². The Morgan fingerprint density at radius 2 is 2.00 bits per heavy atom. The molecule has 7 nitrogen and oxygen atoms in total. The third kappa shape index (κ3) is 3.90. The van der Waals surface area contributed by atoms with Gasteiger partial charge in [0.1, 0.15) is 5.69 Å². The molecule has 0 fully saturated rings. The Morgan fingerprint density at radius 1 is 1.24 bits per heavy atom. The average molecular weight is 356 g/mol. The van der Waals surface area contributed by atoms with Crippen molar-refractivity contribution in [2.75, 3.05) is 11.1 Å². The number of thioether (sulfide) groups is 1. The summed E-state index contributed by atoms with van der Waals surface area (Å²) >= 11 is 1.36. The predicted octanol–water partition coefficient (Wildman–Crippen LogP) is 2.74. The van der Waals surface area contributed by atoms with Crippen molar-refractivity contribution in [1.29, 1.82) is 0 Å². The molecule has 0 radical (unpaired) electrons. The van der Waals surface area contributed by atoms with Crippen LogP contribution in [0.4, 0.5) is 5.69 Å². The van der Waals surface area contributed by atoms with E-state index in [0.717, 1.165) is 29.4 Å². The van der Waals surface area contributed by atoms with Gasteiger partial charge in [-0.15, -0.1) is 10.2 Å². The van der Waals surface area contributed by atoms with Crippen LogP contribution in [0.3, 0.4) is 0 Å². The van der Waals surface area contributed by atoms with Crippen LogP contribution in [0.25, 0.3) is 11.5 Å². The molecule has 1 aromatic carbocycles. The highest BCUT2D eigenvalue weighted by molar-refractivity contribution is 7.99. The molecule has 0 spiro atoms. The van der Waals surface area contributed by atoms with Crippen molar-refractivity contribution in [2.45, 2.75) is 25.5 Å². The molecule has 0 saturated carbocycles. The first-order valence-corrected chi connectivity index (χ1v) is 8.99. The Bertz CT molecular complexity index is 871. The van der Waals surface area contributed by atoms with Gasteiger partial charge in [0, 0.05) is 19.3 Å². The van der Waals surface area contributed by atoms with E-state index in [0.29, 0.717) is 5.16 Å². The topological polar surface area (TPSA) is 77.6 Å². The van der Waals surface area contributed by atoms with Gasteiger partial charge >= 0.3 is 0 Å². The molecule has 1 amide bonds. The Morgan fingerprint density at radius 3 is 2.72 bits per heavy atom. The number of aromatic nitrogens is 5. The monoisotopic (exact) mass is 356 g/mol. The second-order valence-electron chi connectivity index (χ2n) is 5.55. The van der Waals surface area contributed by atoms with Crippen molar-refractivity contribution in [2.24, 2.45) is 7.05 Å². The van der Waals surface area contributed by atoms with Crippen LogP contribution in [0.5, 0.6) is 0 Å². The van der Waals surface area contributed by atoms with E-state index in [1.54, 1.807) is 0 Å². The molecule has 3 rings (SSSR count). The quantitative estimate of drug-likeness (QED) is 0.687. The van der Waals surface area contributed by atoms with Crippen LogP contribution in [-0.2, 0) is 18.4 Å². The lowest BCUT2D eigenvalue weighted by atomic mass is 10.3. The van der Waals surface area contributed by atoms with E-state index < -0.39 is 0 Å². The molecule has 2 aromatic heterocycles. The lowest BCUT2D eigenvalue weighted by Crippen LogP contribution is -2.14. The molecular weight excluding hydrogens is 336 g/mol. The van der Waals surface area contributed by atoms with Gasteiger partial charge in [0.25, 0.3) is 0 Å². The molecule has 0 aliphatic rings. The van der Waals surface area contributed by atoms with Gasteiger partial charge in [-0.05, 0) is 32.0 Å². The number of carbonyl (C=O) groups excluding carboxylic acids is 1. The molecule has 0 bridgehead atoms. The van der Waals surface area contributed by atoms with Crippen LogP contribution < -0.4 is 5.32 Å². The molecule has 25 heavy (non-hydrogen) atoms. The number of para-hydroxylation sites is 1. The zero-order valence-electron chi connectivity index (χ0n) is 14.4. The van der Waals surface area contributed by atoms with Gasteiger partial charge in [0.15, 0.2) is 11.0 Å². The SMILES string of the molecule is CCn1nc(C)cc1-c1nnc(SCC(=O)Nc2ccccc2)n1C. The highest BCUT2D eigenvalue weighted by atomic mass is 32.2. The van der Waals surface area contributed by atoms with Crippen LogP contribution in [0.1, 0.15) is 12.6 Å². The third-order valence-electron chi connectivity index (χ3n) is 3.66. The summed E-state index contributed by atoms with van der Waals surface area (Å²) in [4.78, 5) is 12.1. The first-order chi connectivity index (χ1) is 12.1. The normalized spacial score (nSPS) is 10.8. The largest absolute Gasteiger partial charge is 0.325 e. The maximum absolute atomic E-state index is 12.1. The summed E-state index contributed by atoms with van der Waals surface area (Å²) in [7, 11) is 1.90. The van der Waals surface area contributed by atoms with E-state index in [1.807, 2.05) is 66.5 Å². The van der Waals surface area contributed by atoms with Gasteiger partial charge in [0.05, 0.1) is 11.4 Å². The number of nitrogens with zero attached hydrogens (tertiary/aromatic N) is 5. The number of carbonyl (C=O) groups is 1. The number of benzene rings is 1. The number of anilines is 1. The molecule has 1 N–H and O–H groups in total. The minimum Gasteiger partial charge on any atom is -0.325 e. The smallest absolute Gasteiger partial charge is 0.234 e. The molecular formula is C17H20N6OS. The van der Waals surface area contributed by atoms with Crippen LogP contribution in [0, 0.1) is 6.92 Å². The Labute approximate surface area is 150 Å². The zero-order valence-corrected chi connectivity index (χ0v) is 15.2. The fraction of sp³-hybridized carbons (Fsp3) is 0.294. The maximum atomic E-state index is 12.1. The lowest BCUT2D eigenvalue weighted by Gasteiger charge is -2.06. The number of hydrogen-bond donors (Lipinski definition) is 1. The van der Waals surface area contributed by atoms with Gasteiger partial charge in [-0.1, -0.05) is 30.0 Å². The van der Waals surface area contributed by atoms with Crippen LogP contribution >= 0.6 is 11.8 Å². The fourth-order valence-electron chi connectivity index (χ4n) is 2.48. The van der Waals surface area contributed by atoms with E-state index >= 15 is 0 Å². The van der Waals surface area contributed by atoms with Crippen molar-refractivity contribution >= 4 is 23.4 Å². The van der Waals surface area contributed by atoms with Gasteiger partial charge < -0.3 is 9.88 Å². The van der Waals surface area contributed by atoms with Crippen molar-refractivity contribution in [3.63, 3.8) is 0 Å². The number of amides is 1. The highest BCUT2D eigenvalue weighted by Gasteiger charge is 2.16. The summed E-state index contributed by atoms with van der Waals surface area (Å²) in [6, 6.07) is 11.4. The van der Waals surface area contributed by atoms with E-state index in [2.05, 4.69) is 20.6 Å². The summed E-state index contributed by atoms with van der Waals surface area (Å²) < 4.78 is 3.79. The maximum Gasteiger partial charge on any atom is 0.234 e. The molecule has 130 valence electrons. The second kappa shape index (κ2) is 7.52. The molecule has 0 atom stereocenters. The molecule has 0 unspecified atom stereocenters. The van der Waals surface area contributed by atoms with Crippen LogP contribution in [0.15, 0.2) is 41.6 Å². The molecule has 0 aliphatic heterocycles.